The van der Waals surface area contributed by atoms with E-state index in [1.54, 1.807) is 4.90 Å². The van der Waals surface area contributed by atoms with Gasteiger partial charge in [-0.25, -0.2) is 0 Å². The van der Waals surface area contributed by atoms with Crippen molar-refractivity contribution >= 4 is 5.91 Å². The zero-order valence-electron chi connectivity index (χ0n) is 15.7. The van der Waals surface area contributed by atoms with E-state index in [0.29, 0.717) is 26.1 Å². The Bertz CT molecular complexity index is 650. The van der Waals surface area contributed by atoms with Gasteiger partial charge in [-0.1, -0.05) is 30.3 Å². The molecule has 0 radical (unpaired) electrons. The second-order valence-electron chi connectivity index (χ2n) is 8.04. The van der Waals surface area contributed by atoms with Gasteiger partial charge in [-0.05, 0) is 44.2 Å². The molecule has 7 heteroatoms. The topological polar surface area (TPSA) is 49.6 Å². The number of nitrogens with two attached hydrogens (primary N) is 1. The molecule has 0 aliphatic carbocycles. The molecule has 1 aromatic carbocycles. The van der Waals surface area contributed by atoms with E-state index >= 15 is 0 Å². The predicted molar refractivity (Wildman–Crippen MR) is 97.8 cm³/mol. The highest BCUT2D eigenvalue weighted by Crippen LogP contribution is 2.47. The van der Waals surface area contributed by atoms with Crippen LogP contribution in [0.2, 0.25) is 0 Å². The molecule has 4 nitrogen and oxygen atoms in total. The number of likely N-dealkylation sites (tertiary alicyclic amines) is 2. The van der Waals surface area contributed by atoms with Crippen LogP contribution in [0.25, 0.3) is 0 Å². The average Bonchev–Trinajstić information content (AvgIpc) is 3.07. The fourth-order valence-corrected chi connectivity index (χ4v) is 4.32. The maximum Gasteiger partial charge on any atom is 0.404 e. The van der Waals surface area contributed by atoms with Crippen LogP contribution in [0.5, 0.6) is 0 Å². The van der Waals surface area contributed by atoms with Gasteiger partial charge in [-0.15, -0.1) is 0 Å². The molecule has 3 unspecified atom stereocenters. The third-order valence-electron chi connectivity index (χ3n) is 6.04. The number of halogens is 3. The van der Waals surface area contributed by atoms with Crippen LogP contribution in [-0.4, -0.2) is 54.1 Å². The van der Waals surface area contributed by atoms with Crippen LogP contribution in [0.15, 0.2) is 30.3 Å². The molecule has 27 heavy (non-hydrogen) atoms. The number of alkyl halides is 3. The number of piperidine rings is 1. The molecule has 2 aliphatic heterocycles. The Morgan fingerprint density at radius 1 is 1.30 bits per heavy atom. The monoisotopic (exact) mass is 383 g/mol. The normalized spacial score (nSPS) is 28.3. The van der Waals surface area contributed by atoms with Crippen molar-refractivity contribution in [3.8, 4) is 0 Å². The van der Waals surface area contributed by atoms with Crippen LogP contribution in [-0.2, 0) is 11.3 Å². The van der Waals surface area contributed by atoms with Crippen molar-refractivity contribution in [2.45, 2.75) is 44.9 Å². The Hall–Kier alpha value is -1.60. The molecule has 2 saturated heterocycles. The fraction of sp³-hybridized carbons (Fsp3) is 0.650. The summed E-state index contributed by atoms with van der Waals surface area (Å²) in [6.07, 6.45) is -3.17. The third-order valence-corrected chi connectivity index (χ3v) is 6.04. The number of nitrogens with zero attached hydrogens (tertiary/aromatic N) is 2. The number of carbonyl (C=O) groups excluding carboxylic acids is 1. The van der Waals surface area contributed by atoms with Gasteiger partial charge in [0.1, 0.15) is 0 Å². The van der Waals surface area contributed by atoms with E-state index in [1.807, 2.05) is 37.3 Å². The van der Waals surface area contributed by atoms with E-state index in [1.165, 1.54) is 4.90 Å². The van der Waals surface area contributed by atoms with Crippen molar-refractivity contribution in [1.29, 1.82) is 0 Å². The summed E-state index contributed by atoms with van der Waals surface area (Å²) in [5, 5.41) is 0. The minimum atomic E-state index is -4.56. The average molecular weight is 383 g/mol. The molecule has 2 heterocycles. The Balaban J connectivity index is 1.77. The van der Waals surface area contributed by atoms with Gasteiger partial charge in [0, 0.05) is 32.2 Å². The maximum atomic E-state index is 14.1. The lowest BCUT2D eigenvalue weighted by molar-refractivity contribution is -0.224. The molecule has 2 aliphatic rings. The summed E-state index contributed by atoms with van der Waals surface area (Å²) in [4.78, 5) is 16.2. The molecule has 3 atom stereocenters. The van der Waals surface area contributed by atoms with Gasteiger partial charge in [-0.3, -0.25) is 9.69 Å². The van der Waals surface area contributed by atoms with Crippen LogP contribution >= 0.6 is 0 Å². The molecule has 1 aromatic rings. The SMILES string of the molecule is CC(N)C1CCCN(C(=O)C2(C(F)(F)F)CCN(Cc3ccccc3)C2)C1. The minimum Gasteiger partial charge on any atom is -0.342 e. The van der Waals surface area contributed by atoms with Gasteiger partial charge in [0.05, 0.1) is 0 Å². The van der Waals surface area contributed by atoms with Gasteiger partial charge >= 0.3 is 6.18 Å². The van der Waals surface area contributed by atoms with Crippen molar-refractivity contribution in [2.75, 3.05) is 26.2 Å². The highest BCUT2D eigenvalue weighted by Gasteiger charge is 2.64. The number of carbonyl (C=O) groups is 1. The molecule has 3 rings (SSSR count). The van der Waals surface area contributed by atoms with Crippen LogP contribution in [0.3, 0.4) is 0 Å². The second-order valence-corrected chi connectivity index (χ2v) is 8.04. The quantitative estimate of drug-likeness (QED) is 0.870. The van der Waals surface area contributed by atoms with E-state index < -0.39 is 17.5 Å². The standard InChI is InChI=1S/C20H28F3N3O/c1-15(24)17-8-5-10-26(13-17)18(27)19(20(21,22)23)9-11-25(14-19)12-16-6-3-2-4-7-16/h2-4,6-7,15,17H,5,8-14,24H2,1H3. The summed E-state index contributed by atoms with van der Waals surface area (Å²) in [6, 6.07) is 9.29. The van der Waals surface area contributed by atoms with Crippen molar-refractivity contribution in [2.24, 2.45) is 17.1 Å². The summed E-state index contributed by atoms with van der Waals surface area (Å²) in [6.45, 7) is 2.99. The van der Waals surface area contributed by atoms with Crippen molar-refractivity contribution < 1.29 is 18.0 Å². The van der Waals surface area contributed by atoms with Gasteiger partial charge < -0.3 is 10.6 Å². The van der Waals surface area contributed by atoms with Gasteiger partial charge in [0.25, 0.3) is 0 Å². The molecule has 0 spiro atoms. The Kier molecular flexibility index (Phi) is 5.82. The molecule has 1 amide bonds. The number of amides is 1. The Morgan fingerprint density at radius 3 is 2.63 bits per heavy atom. The van der Waals surface area contributed by atoms with E-state index in [9.17, 15) is 18.0 Å². The van der Waals surface area contributed by atoms with Gasteiger partial charge in [0.2, 0.25) is 5.91 Å². The van der Waals surface area contributed by atoms with Crippen LogP contribution in [0, 0.1) is 11.3 Å². The molecule has 2 fully saturated rings. The summed E-state index contributed by atoms with van der Waals surface area (Å²) >= 11 is 0. The van der Waals surface area contributed by atoms with Crippen molar-refractivity contribution in [3.05, 3.63) is 35.9 Å². The second kappa shape index (κ2) is 7.80. The minimum absolute atomic E-state index is 0.0646. The molecular weight excluding hydrogens is 355 g/mol. The van der Waals surface area contributed by atoms with Gasteiger partial charge in [0.15, 0.2) is 5.41 Å². The van der Waals surface area contributed by atoms with E-state index in [2.05, 4.69) is 0 Å². The first-order valence-electron chi connectivity index (χ1n) is 9.61. The molecule has 0 bridgehead atoms. The number of hydrogen-bond donors (Lipinski definition) is 1. The lowest BCUT2D eigenvalue weighted by Crippen LogP contribution is -2.56. The molecular formula is C20H28F3N3O. The van der Waals surface area contributed by atoms with Gasteiger partial charge in [-0.2, -0.15) is 13.2 Å². The first-order valence-corrected chi connectivity index (χ1v) is 9.61. The number of benzene rings is 1. The Labute approximate surface area is 158 Å². The lowest BCUT2D eigenvalue weighted by atomic mass is 9.82. The zero-order chi connectivity index (χ0) is 19.7. The van der Waals surface area contributed by atoms with Crippen LogP contribution in [0.4, 0.5) is 13.2 Å². The van der Waals surface area contributed by atoms with Crippen LogP contribution in [0.1, 0.15) is 31.7 Å². The third kappa shape index (κ3) is 4.14. The summed E-state index contributed by atoms with van der Waals surface area (Å²) in [5.74, 6) is -0.703. The first-order chi connectivity index (χ1) is 12.7. The Morgan fingerprint density at radius 2 is 2.00 bits per heavy atom. The largest absolute Gasteiger partial charge is 0.404 e. The summed E-state index contributed by atoms with van der Waals surface area (Å²) in [7, 11) is 0. The lowest BCUT2D eigenvalue weighted by Gasteiger charge is -2.40. The first kappa shape index (κ1) is 20.1. The zero-order valence-corrected chi connectivity index (χ0v) is 15.7. The summed E-state index contributed by atoms with van der Waals surface area (Å²) < 4.78 is 42.3. The summed E-state index contributed by atoms with van der Waals surface area (Å²) in [5.41, 5.74) is 4.59. The molecule has 2 N–H and O–H groups in total. The number of hydrogen-bond acceptors (Lipinski definition) is 3. The predicted octanol–water partition coefficient (Wildman–Crippen LogP) is 3.03. The fourth-order valence-electron chi connectivity index (χ4n) is 4.32. The van der Waals surface area contributed by atoms with Crippen molar-refractivity contribution in [3.63, 3.8) is 0 Å². The van der Waals surface area contributed by atoms with Crippen molar-refractivity contribution in [1.82, 2.24) is 9.80 Å². The highest BCUT2D eigenvalue weighted by atomic mass is 19.4. The maximum absolute atomic E-state index is 14.1. The molecule has 0 saturated carbocycles. The van der Waals surface area contributed by atoms with E-state index in [0.717, 1.165) is 12.0 Å². The highest BCUT2D eigenvalue weighted by molar-refractivity contribution is 5.84. The smallest absolute Gasteiger partial charge is 0.342 e. The van der Waals surface area contributed by atoms with E-state index in [-0.39, 0.29) is 31.5 Å². The van der Waals surface area contributed by atoms with Crippen LogP contribution < -0.4 is 5.73 Å². The number of rotatable bonds is 4. The van der Waals surface area contributed by atoms with E-state index in [4.69, 9.17) is 5.73 Å². The molecule has 150 valence electrons. The molecule has 0 aromatic heterocycles.